The number of nitrogens with two attached hydrogens (primary N) is 1. The first-order chi connectivity index (χ1) is 8.58. The minimum Gasteiger partial charge on any atom is -0.467 e. The number of carbonyl (C=O) groups excluding carboxylic acids is 1. The molecule has 2 rings (SSSR count). The summed E-state index contributed by atoms with van der Waals surface area (Å²) < 4.78 is 5.35. The van der Waals surface area contributed by atoms with Gasteiger partial charge in [0.05, 0.1) is 12.8 Å². The Morgan fingerprint density at radius 2 is 2.06 bits per heavy atom. The van der Waals surface area contributed by atoms with Gasteiger partial charge < -0.3 is 15.5 Å². The molecule has 0 aliphatic carbocycles. The zero-order chi connectivity index (χ0) is 13.1. The summed E-state index contributed by atoms with van der Waals surface area (Å²) in [5.41, 5.74) is 8.82. The molecule has 1 aromatic carbocycles. The van der Waals surface area contributed by atoms with Gasteiger partial charge in [0, 0.05) is 11.3 Å². The lowest BCUT2D eigenvalue weighted by Crippen LogP contribution is -2.11. The summed E-state index contributed by atoms with van der Waals surface area (Å²) in [6.45, 7) is 4.56. The van der Waals surface area contributed by atoms with Crippen LogP contribution in [0.25, 0.3) is 0 Å². The number of nitrogens with one attached hydrogen (secondary N) is 1. The van der Waals surface area contributed by atoms with Crippen molar-refractivity contribution < 1.29 is 9.21 Å². The standard InChI is InChI=1S/C14H16N2O2/c1-9-5-6-18-13(9)8-16-12-4-3-11(14(15)17)7-10(12)2/h3-7,16H,8H2,1-2H3,(H2,15,17). The van der Waals surface area contributed by atoms with Crippen LogP contribution < -0.4 is 11.1 Å². The van der Waals surface area contributed by atoms with Crippen LogP contribution in [0.15, 0.2) is 34.9 Å². The molecule has 18 heavy (non-hydrogen) atoms. The normalized spacial score (nSPS) is 10.3. The Hall–Kier alpha value is -2.23. The summed E-state index contributed by atoms with van der Waals surface area (Å²) >= 11 is 0. The van der Waals surface area contributed by atoms with Crippen molar-refractivity contribution in [2.24, 2.45) is 5.73 Å². The molecular formula is C14H16N2O2. The van der Waals surface area contributed by atoms with Crippen molar-refractivity contribution in [2.45, 2.75) is 20.4 Å². The van der Waals surface area contributed by atoms with Crippen LogP contribution in [0.5, 0.6) is 0 Å². The van der Waals surface area contributed by atoms with Crippen molar-refractivity contribution in [1.82, 2.24) is 0 Å². The van der Waals surface area contributed by atoms with E-state index in [4.69, 9.17) is 10.2 Å². The Labute approximate surface area is 106 Å². The lowest BCUT2D eigenvalue weighted by Gasteiger charge is -2.09. The minimum atomic E-state index is -0.411. The molecule has 0 unspecified atom stereocenters. The SMILES string of the molecule is Cc1cc(C(N)=O)ccc1NCc1occc1C. The molecule has 0 atom stereocenters. The van der Waals surface area contributed by atoms with Gasteiger partial charge in [-0.15, -0.1) is 0 Å². The predicted octanol–water partition coefficient (Wildman–Crippen LogP) is 2.61. The van der Waals surface area contributed by atoms with Gasteiger partial charge in [-0.2, -0.15) is 0 Å². The molecule has 0 saturated carbocycles. The van der Waals surface area contributed by atoms with Crippen molar-refractivity contribution in [2.75, 3.05) is 5.32 Å². The highest BCUT2D eigenvalue weighted by molar-refractivity contribution is 5.93. The van der Waals surface area contributed by atoms with Crippen molar-refractivity contribution in [3.63, 3.8) is 0 Å². The topological polar surface area (TPSA) is 68.3 Å². The summed E-state index contributed by atoms with van der Waals surface area (Å²) in [5, 5.41) is 3.28. The van der Waals surface area contributed by atoms with Gasteiger partial charge in [-0.05, 0) is 49.2 Å². The van der Waals surface area contributed by atoms with E-state index in [2.05, 4.69) is 5.32 Å². The van der Waals surface area contributed by atoms with Gasteiger partial charge in [-0.3, -0.25) is 4.79 Å². The van der Waals surface area contributed by atoms with Crippen LogP contribution in [-0.4, -0.2) is 5.91 Å². The number of hydrogen-bond acceptors (Lipinski definition) is 3. The molecule has 1 amide bonds. The average molecular weight is 244 g/mol. The van der Waals surface area contributed by atoms with Gasteiger partial charge in [-0.1, -0.05) is 0 Å². The first kappa shape index (κ1) is 12.2. The van der Waals surface area contributed by atoms with E-state index in [-0.39, 0.29) is 0 Å². The maximum atomic E-state index is 11.0. The maximum absolute atomic E-state index is 11.0. The molecule has 3 N–H and O–H groups in total. The minimum absolute atomic E-state index is 0.411. The van der Waals surface area contributed by atoms with Gasteiger partial charge in [0.2, 0.25) is 5.91 Å². The third kappa shape index (κ3) is 2.53. The third-order valence-corrected chi connectivity index (χ3v) is 2.92. The second kappa shape index (κ2) is 4.96. The van der Waals surface area contributed by atoms with E-state index in [0.29, 0.717) is 12.1 Å². The molecule has 0 bridgehead atoms. The average Bonchev–Trinajstić information content (AvgIpc) is 2.73. The number of aryl methyl sites for hydroxylation is 2. The number of carbonyl (C=O) groups is 1. The molecule has 1 heterocycles. The van der Waals surface area contributed by atoms with E-state index in [1.54, 1.807) is 18.4 Å². The van der Waals surface area contributed by atoms with Gasteiger partial charge in [0.1, 0.15) is 5.76 Å². The van der Waals surface area contributed by atoms with Crippen LogP contribution in [0.3, 0.4) is 0 Å². The molecule has 0 spiro atoms. The second-order valence-corrected chi connectivity index (χ2v) is 4.27. The first-order valence-electron chi connectivity index (χ1n) is 5.75. The van der Waals surface area contributed by atoms with E-state index in [0.717, 1.165) is 22.6 Å². The fourth-order valence-corrected chi connectivity index (χ4v) is 1.78. The maximum Gasteiger partial charge on any atom is 0.248 e. The number of amides is 1. The number of furan rings is 1. The Kier molecular flexibility index (Phi) is 3.37. The Morgan fingerprint density at radius 3 is 2.61 bits per heavy atom. The van der Waals surface area contributed by atoms with Crippen LogP contribution in [0.1, 0.15) is 27.2 Å². The highest BCUT2D eigenvalue weighted by atomic mass is 16.3. The smallest absolute Gasteiger partial charge is 0.248 e. The largest absolute Gasteiger partial charge is 0.467 e. The summed E-state index contributed by atoms with van der Waals surface area (Å²) in [7, 11) is 0. The predicted molar refractivity (Wildman–Crippen MR) is 70.5 cm³/mol. The molecule has 0 radical (unpaired) electrons. The summed E-state index contributed by atoms with van der Waals surface area (Å²) in [5.74, 6) is 0.500. The molecule has 0 saturated heterocycles. The van der Waals surface area contributed by atoms with E-state index in [1.165, 1.54) is 0 Å². The van der Waals surface area contributed by atoms with Gasteiger partial charge >= 0.3 is 0 Å². The van der Waals surface area contributed by atoms with Crippen molar-refractivity contribution in [3.05, 3.63) is 53.0 Å². The molecule has 4 nitrogen and oxygen atoms in total. The van der Waals surface area contributed by atoms with Crippen LogP contribution in [-0.2, 0) is 6.54 Å². The second-order valence-electron chi connectivity index (χ2n) is 4.27. The molecule has 1 aromatic heterocycles. The van der Waals surface area contributed by atoms with Gasteiger partial charge in [0.15, 0.2) is 0 Å². The fourth-order valence-electron chi connectivity index (χ4n) is 1.78. The Bertz CT molecular complexity index is 573. The van der Waals surface area contributed by atoms with E-state index in [9.17, 15) is 4.79 Å². The zero-order valence-electron chi connectivity index (χ0n) is 10.5. The number of anilines is 1. The van der Waals surface area contributed by atoms with Crippen molar-refractivity contribution in [1.29, 1.82) is 0 Å². The number of primary amides is 1. The molecule has 2 aromatic rings. The van der Waals surface area contributed by atoms with E-state index >= 15 is 0 Å². The first-order valence-corrected chi connectivity index (χ1v) is 5.75. The summed E-state index contributed by atoms with van der Waals surface area (Å²) in [6.07, 6.45) is 1.68. The van der Waals surface area contributed by atoms with Gasteiger partial charge in [0.25, 0.3) is 0 Å². The third-order valence-electron chi connectivity index (χ3n) is 2.92. The summed E-state index contributed by atoms with van der Waals surface area (Å²) in [4.78, 5) is 11.0. The molecule has 4 heteroatoms. The highest BCUT2D eigenvalue weighted by Crippen LogP contribution is 2.18. The molecule has 94 valence electrons. The van der Waals surface area contributed by atoms with E-state index in [1.807, 2.05) is 26.0 Å². The lowest BCUT2D eigenvalue weighted by atomic mass is 10.1. The molecule has 0 aliphatic heterocycles. The highest BCUT2D eigenvalue weighted by Gasteiger charge is 2.06. The number of hydrogen-bond donors (Lipinski definition) is 2. The van der Waals surface area contributed by atoms with Crippen LogP contribution in [0.2, 0.25) is 0 Å². The quantitative estimate of drug-likeness (QED) is 0.868. The number of rotatable bonds is 4. The van der Waals surface area contributed by atoms with E-state index < -0.39 is 5.91 Å². The van der Waals surface area contributed by atoms with Crippen molar-refractivity contribution >= 4 is 11.6 Å². The molecule has 0 aliphatic rings. The monoisotopic (exact) mass is 244 g/mol. The van der Waals surface area contributed by atoms with Crippen LogP contribution >= 0.6 is 0 Å². The Balaban J connectivity index is 2.11. The Morgan fingerprint density at radius 1 is 1.28 bits per heavy atom. The number of benzene rings is 1. The van der Waals surface area contributed by atoms with Crippen molar-refractivity contribution in [3.8, 4) is 0 Å². The van der Waals surface area contributed by atoms with Crippen LogP contribution in [0, 0.1) is 13.8 Å². The fraction of sp³-hybridized carbons (Fsp3) is 0.214. The molecular weight excluding hydrogens is 228 g/mol. The summed E-state index contributed by atoms with van der Waals surface area (Å²) in [6, 6.07) is 7.28. The zero-order valence-corrected chi connectivity index (χ0v) is 10.5. The van der Waals surface area contributed by atoms with Crippen LogP contribution in [0.4, 0.5) is 5.69 Å². The van der Waals surface area contributed by atoms with Gasteiger partial charge in [-0.25, -0.2) is 0 Å². The molecule has 0 fully saturated rings. The lowest BCUT2D eigenvalue weighted by molar-refractivity contribution is 0.1000.